The van der Waals surface area contributed by atoms with Crippen LogP contribution in [0.1, 0.15) is 39.2 Å². The van der Waals surface area contributed by atoms with E-state index in [4.69, 9.17) is 17.3 Å². The Bertz CT molecular complexity index is 397. The standard InChI is InChI=1S/C14H21ClN2O/c1-4-14(5-2,17-13(18)10(3)16)11-6-8-12(15)9-7-11/h6-10H,4-5,16H2,1-3H3,(H,17,18)/t10-/m0/s1. The minimum atomic E-state index is -0.505. The van der Waals surface area contributed by atoms with Crippen LogP contribution in [0.25, 0.3) is 0 Å². The van der Waals surface area contributed by atoms with Crippen molar-refractivity contribution in [1.82, 2.24) is 5.32 Å². The van der Waals surface area contributed by atoms with Crippen molar-refractivity contribution in [3.05, 3.63) is 34.9 Å². The summed E-state index contributed by atoms with van der Waals surface area (Å²) in [6.45, 7) is 5.80. The zero-order chi connectivity index (χ0) is 13.8. The highest BCUT2D eigenvalue weighted by atomic mass is 35.5. The van der Waals surface area contributed by atoms with Crippen LogP contribution in [0, 0.1) is 0 Å². The van der Waals surface area contributed by atoms with Gasteiger partial charge < -0.3 is 11.1 Å². The maximum atomic E-state index is 11.9. The zero-order valence-corrected chi connectivity index (χ0v) is 11.9. The van der Waals surface area contributed by atoms with Gasteiger partial charge >= 0.3 is 0 Å². The van der Waals surface area contributed by atoms with Crippen LogP contribution >= 0.6 is 11.6 Å². The van der Waals surface area contributed by atoms with E-state index >= 15 is 0 Å². The molecule has 0 spiro atoms. The number of benzene rings is 1. The number of carbonyl (C=O) groups excluding carboxylic acids is 1. The number of carbonyl (C=O) groups is 1. The Morgan fingerprint density at radius 3 is 2.22 bits per heavy atom. The minimum Gasteiger partial charge on any atom is -0.345 e. The number of rotatable bonds is 5. The number of nitrogens with two attached hydrogens (primary N) is 1. The van der Waals surface area contributed by atoms with Gasteiger partial charge in [0, 0.05) is 5.02 Å². The first-order chi connectivity index (χ1) is 8.45. The van der Waals surface area contributed by atoms with Crippen molar-refractivity contribution >= 4 is 17.5 Å². The smallest absolute Gasteiger partial charge is 0.237 e. The van der Waals surface area contributed by atoms with Crippen molar-refractivity contribution in [2.75, 3.05) is 0 Å². The third-order valence-corrected chi connectivity index (χ3v) is 3.63. The molecule has 0 radical (unpaired) electrons. The summed E-state index contributed by atoms with van der Waals surface area (Å²) >= 11 is 5.90. The summed E-state index contributed by atoms with van der Waals surface area (Å²) in [6.07, 6.45) is 1.62. The van der Waals surface area contributed by atoms with E-state index < -0.39 is 6.04 Å². The summed E-state index contributed by atoms with van der Waals surface area (Å²) in [7, 11) is 0. The SMILES string of the molecule is CCC(CC)(NC(=O)[C@H](C)N)c1ccc(Cl)cc1. The van der Waals surface area contributed by atoms with Crippen LogP contribution < -0.4 is 11.1 Å². The first kappa shape index (κ1) is 15.0. The average molecular weight is 269 g/mol. The van der Waals surface area contributed by atoms with Gasteiger partial charge in [-0.15, -0.1) is 0 Å². The highest BCUT2D eigenvalue weighted by Gasteiger charge is 2.30. The predicted octanol–water partition coefficient (Wildman–Crippen LogP) is 2.82. The number of amides is 1. The molecule has 1 aromatic rings. The van der Waals surface area contributed by atoms with Gasteiger partial charge in [-0.05, 0) is 37.5 Å². The van der Waals surface area contributed by atoms with Gasteiger partial charge in [0.1, 0.15) is 0 Å². The lowest BCUT2D eigenvalue weighted by Gasteiger charge is -2.34. The number of nitrogens with one attached hydrogen (secondary N) is 1. The van der Waals surface area contributed by atoms with Crippen LogP contribution in [-0.4, -0.2) is 11.9 Å². The molecule has 1 aromatic carbocycles. The second kappa shape index (κ2) is 6.21. The van der Waals surface area contributed by atoms with Crippen molar-refractivity contribution < 1.29 is 4.79 Å². The molecule has 3 N–H and O–H groups in total. The molecular formula is C14H21ClN2O. The molecule has 1 rings (SSSR count). The third-order valence-electron chi connectivity index (χ3n) is 3.38. The molecule has 0 aliphatic heterocycles. The summed E-state index contributed by atoms with van der Waals surface area (Å²) < 4.78 is 0. The van der Waals surface area contributed by atoms with E-state index in [0.29, 0.717) is 5.02 Å². The van der Waals surface area contributed by atoms with Crippen molar-refractivity contribution in [1.29, 1.82) is 0 Å². The summed E-state index contributed by atoms with van der Waals surface area (Å²) in [6, 6.07) is 7.09. The normalized spacial score (nSPS) is 13.2. The molecule has 0 unspecified atom stereocenters. The Morgan fingerprint density at radius 2 is 1.83 bits per heavy atom. The monoisotopic (exact) mass is 268 g/mol. The third kappa shape index (κ3) is 3.24. The molecule has 0 saturated heterocycles. The van der Waals surface area contributed by atoms with E-state index in [1.54, 1.807) is 6.92 Å². The summed E-state index contributed by atoms with van der Waals surface area (Å²) in [5.74, 6) is -0.131. The molecule has 0 aliphatic rings. The average Bonchev–Trinajstić information content (AvgIpc) is 2.36. The van der Waals surface area contributed by atoms with Gasteiger partial charge in [0.25, 0.3) is 0 Å². The maximum Gasteiger partial charge on any atom is 0.237 e. The van der Waals surface area contributed by atoms with E-state index in [2.05, 4.69) is 19.2 Å². The van der Waals surface area contributed by atoms with Gasteiger partial charge in [-0.25, -0.2) is 0 Å². The van der Waals surface area contributed by atoms with Gasteiger partial charge in [0.15, 0.2) is 0 Å². The summed E-state index contributed by atoms with van der Waals surface area (Å²) in [4.78, 5) is 11.9. The lowest BCUT2D eigenvalue weighted by molar-refractivity contribution is -0.124. The van der Waals surface area contributed by atoms with E-state index in [1.807, 2.05) is 24.3 Å². The quantitative estimate of drug-likeness (QED) is 0.863. The van der Waals surface area contributed by atoms with E-state index in [0.717, 1.165) is 18.4 Å². The van der Waals surface area contributed by atoms with Crippen LogP contribution in [0.2, 0.25) is 5.02 Å². The molecule has 1 atom stereocenters. The largest absolute Gasteiger partial charge is 0.345 e. The summed E-state index contributed by atoms with van der Waals surface area (Å²) in [5.41, 5.74) is 6.32. The molecule has 100 valence electrons. The van der Waals surface area contributed by atoms with Crippen molar-refractivity contribution in [2.45, 2.75) is 45.2 Å². The Kier molecular flexibility index (Phi) is 5.17. The zero-order valence-electron chi connectivity index (χ0n) is 11.2. The Morgan fingerprint density at radius 1 is 1.33 bits per heavy atom. The fraction of sp³-hybridized carbons (Fsp3) is 0.500. The Hall–Kier alpha value is -1.06. The molecule has 18 heavy (non-hydrogen) atoms. The number of halogens is 1. The molecule has 0 aliphatic carbocycles. The maximum absolute atomic E-state index is 11.9. The first-order valence-electron chi connectivity index (χ1n) is 6.29. The highest BCUT2D eigenvalue weighted by Crippen LogP contribution is 2.29. The number of hydrogen-bond donors (Lipinski definition) is 2. The predicted molar refractivity (Wildman–Crippen MR) is 75.5 cm³/mol. The fourth-order valence-electron chi connectivity index (χ4n) is 2.03. The molecule has 1 amide bonds. The first-order valence-corrected chi connectivity index (χ1v) is 6.66. The van der Waals surface area contributed by atoms with Crippen molar-refractivity contribution in [2.24, 2.45) is 5.73 Å². The molecule has 0 aromatic heterocycles. The second-order valence-corrected chi connectivity index (χ2v) is 5.01. The highest BCUT2D eigenvalue weighted by molar-refractivity contribution is 6.30. The van der Waals surface area contributed by atoms with Gasteiger partial charge in [-0.2, -0.15) is 0 Å². The Labute approximate surface area is 114 Å². The Balaban J connectivity index is 3.06. The van der Waals surface area contributed by atoms with Crippen molar-refractivity contribution in [3.8, 4) is 0 Å². The van der Waals surface area contributed by atoms with E-state index in [9.17, 15) is 4.79 Å². The van der Waals surface area contributed by atoms with Crippen molar-refractivity contribution in [3.63, 3.8) is 0 Å². The minimum absolute atomic E-state index is 0.131. The second-order valence-electron chi connectivity index (χ2n) is 4.57. The van der Waals surface area contributed by atoms with Gasteiger partial charge in [-0.3, -0.25) is 4.79 Å². The van der Waals surface area contributed by atoms with Gasteiger partial charge in [-0.1, -0.05) is 37.6 Å². The molecule has 0 heterocycles. The lowest BCUT2D eigenvalue weighted by Crippen LogP contribution is -2.50. The molecule has 4 heteroatoms. The number of hydrogen-bond acceptors (Lipinski definition) is 2. The molecule has 3 nitrogen and oxygen atoms in total. The van der Waals surface area contributed by atoms with Crippen LogP contribution in [0.3, 0.4) is 0 Å². The topological polar surface area (TPSA) is 55.1 Å². The van der Waals surface area contributed by atoms with Gasteiger partial charge in [0.2, 0.25) is 5.91 Å². The van der Waals surface area contributed by atoms with Crippen LogP contribution in [0.4, 0.5) is 0 Å². The fourth-order valence-corrected chi connectivity index (χ4v) is 2.15. The molecule has 0 saturated carbocycles. The van der Waals surface area contributed by atoms with Gasteiger partial charge in [0.05, 0.1) is 11.6 Å². The molecule has 0 bridgehead atoms. The molecular weight excluding hydrogens is 248 g/mol. The van der Waals surface area contributed by atoms with Crippen LogP contribution in [0.5, 0.6) is 0 Å². The van der Waals surface area contributed by atoms with Crippen LogP contribution in [-0.2, 0) is 10.3 Å². The van der Waals surface area contributed by atoms with Crippen LogP contribution in [0.15, 0.2) is 24.3 Å². The van der Waals surface area contributed by atoms with E-state index in [1.165, 1.54) is 0 Å². The lowest BCUT2D eigenvalue weighted by atomic mass is 9.84. The van der Waals surface area contributed by atoms with E-state index in [-0.39, 0.29) is 11.4 Å². The summed E-state index contributed by atoms with van der Waals surface area (Å²) in [5, 5.41) is 3.75. The molecule has 0 fully saturated rings.